The first-order valence-electron chi connectivity index (χ1n) is 3.28. The zero-order valence-corrected chi connectivity index (χ0v) is 5.69. The van der Waals surface area contributed by atoms with Crippen LogP contribution in [0, 0.1) is 0 Å². The summed E-state index contributed by atoms with van der Waals surface area (Å²) in [5, 5.41) is 8.71. The SMILES string of the molecule is O=CN1CCOC[C@@H]1CO. The zero-order valence-electron chi connectivity index (χ0n) is 5.69. The van der Waals surface area contributed by atoms with E-state index in [9.17, 15) is 4.79 Å². The molecule has 58 valence electrons. The molecule has 1 atom stereocenters. The Balaban J connectivity index is 2.41. The van der Waals surface area contributed by atoms with Crippen LogP contribution in [0.2, 0.25) is 0 Å². The minimum absolute atomic E-state index is 0.0151. The molecular weight excluding hydrogens is 134 g/mol. The fourth-order valence-electron chi connectivity index (χ4n) is 0.964. The van der Waals surface area contributed by atoms with Crippen molar-refractivity contribution in [1.29, 1.82) is 0 Å². The number of morpholine rings is 1. The number of carbonyl (C=O) groups is 1. The van der Waals surface area contributed by atoms with Crippen LogP contribution in [0.5, 0.6) is 0 Å². The second-order valence-corrected chi connectivity index (χ2v) is 2.25. The van der Waals surface area contributed by atoms with Gasteiger partial charge in [0.2, 0.25) is 6.41 Å². The van der Waals surface area contributed by atoms with Gasteiger partial charge in [-0.05, 0) is 0 Å². The van der Waals surface area contributed by atoms with Crippen molar-refractivity contribution in [3.8, 4) is 0 Å². The van der Waals surface area contributed by atoms with Crippen molar-refractivity contribution in [2.75, 3.05) is 26.4 Å². The van der Waals surface area contributed by atoms with Gasteiger partial charge in [-0.25, -0.2) is 0 Å². The summed E-state index contributed by atoms with van der Waals surface area (Å²) in [5.41, 5.74) is 0. The Labute approximate surface area is 59.4 Å². The Hall–Kier alpha value is -0.610. The van der Waals surface area contributed by atoms with Gasteiger partial charge in [-0.15, -0.1) is 0 Å². The van der Waals surface area contributed by atoms with E-state index >= 15 is 0 Å². The molecule has 1 aliphatic heterocycles. The van der Waals surface area contributed by atoms with Crippen molar-refractivity contribution >= 4 is 6.41 Å². The van der Waals surface area contributed by atoms with Crippen LogP contribution in [0.15, 0.2) is 0 Å². The van der Waals surface area contributed by atoms with Crippen LogP contribution in [0.3, 0.4) is 0 Å². The van der Waals surface area contributed by atoms with Crippen molar-refractivity contribution in [1.82, 2.24) is 4.90 Å². The van der Waals surface area contributed by atoms with Crippen molar-refractivity contribution in [2.45, 2.75) is 6.04 Å². The van der Waals surface area contributed by atoms with E-state index in [0.717, 1.165) is 6.41 Å². The molecule has 1 fully saturated rings. The highest BCUT2D eigenvalue weighted by Gasteiger charge is 2.19. The van der Waals surface area contributed by atoms with Gasteiger partial charge in [0.1, 0.15) is 0 Å². The Bertz CT molecular complexity index is 118. The number of nitrogens with zero attached hydrogens (tertiary/aromatic N) is 1. The Morgan fingerprint density at radius 1 is 1.80 bits per heavy atom. The summed E-state index contributed by atoms with van der Waals surface area (Å²) in [7, 11) is 0. The molecule has 1 amide bonds. The predicted molar refractivity (Wildman–Crippen MR) is 34.5 cm³/mol. The van der Waals surface area contributed by atoms with Crippen LogP contribution in [0.1, 0.15) is 0 Å². The Kier molecular flexibility index (Phi) is 2.65. The normalized spacial score (nSPS) is 26.5. The van der Waals surface area contributed by atoms with Gasteiger partial charge in [0.05, 0.1) is 25.9 Å². The maximum absolute atomic E-state index is 10.3. The molecule has 1 aliphatic rings. The molecule has 1 rings (SSSR count). The van der Waals surface area contributed by atoms with Gasteiger partial charge in [0, 0.05) is 6.54 Å². The lowest BCUT2D eigenvalue weighted by atomic mass is 10.2. The van der Waals surface area contributed by atoms with Crippen molar-refractivity contribution < 1.29 is 14.6 Å². The second kappa shape index (κ2) is 3.53. The molecule has 0 bridgehead atoms. The molecule has 0 unspecified atom stereocenters. The fourth-order valence-corrected chi connectivity index (χ4v) is 0.964. The molecule has 0 aromatic heterocycles. The minimum atomic E-state index is -0.133. The van der Waals surface area contributed by atoms with Crippen LogP contribution >= 0.6 is 0 Å². The van der Waals surface area contributed by atoms with Gasteiger partial charge in [-0.1, -0.05) is 0 Å². The summed E-state index contributed by atoms with van der Waals surface area (Å²) >= 11 is 0. The van der Waals surface area contributed by atoms with Crippen molar-refractivity contribution in [3.05, 3.63) is 0 Å². The third kappa shape index (κ3) is 1.46. The van der Waals surface area contributed by atoms with E-state index in [2.05, 4.69) is 0 Å². The maximum atomic E-state index is 10.3. The summed E-state index contributed by atoms with van der Waals surface area (Å²) in [6.45, 7) is 1.61. The lowest BCUT2D eigenvalue weighted by Gasteiger charge is -2.30. The van der Waals surface area contributed by atoms with E-state index in [0.29, 0.717) is 19.8 Å². The highest BCUT2D eigenvalue weighted by atomic mass is 16.5. The molecular formula is C6H11NO3. The quantitative estimate of drug-likeness (QED) is 0.498. The standard InChI is InChI=1S/C6H11NO3/c8-3-6-4-10-2-1-7(6)5-9/h5-6,8H,1-4H2/t6-/m0/s1. The maximum Gasteiger partial charge on any atom is 0.210 e. The molecule has 0 aromatic carbocycles. The van der Waals surface area contributed by atoms with Crippen LogP contribution in [-0.2, 0) is 9.53 Å². The first kappa shape index (κ1) is 7.50. The molecule has 0 radical (unpaired) electrons. The average molecular weight is 145 g/mol. The second-order valence-electron chi connectivity index (χ2n) is 2.25. The number of ether oxygens (including phenoxy) is 1. The molecule has 10 heavy (non-hydrogen) atoms. The third-order valence-electron chi connectivity index (χ3n) is 1.62. The largest absolute Gasteiger partial charge is 0.394 e. The number of hydrogen-bond acceptors (Lipinski definition) is 3. The molecule has 4 nitrogen and oxygen atoms in total. The number of aliphatic hydroxyl groups is 1. The number of aliphatic hydroxyl groups excluding tert-OH is 1. The van der Waals surface area contributed by atoms with Gasteiger partial charge >= 0.3 is 0 Å². The molecule has 1 N–H and O–H groups in total. The lowest BCUT2D eigenvalue weighted by molar-refractivity contribution is -0.127. The first-order chi connectivity index (χ1) is 4.88. The average Bonchev–Trinajstić information content (AvgIpc) is 2.04. The topological polar surface area (TPSA) is 49.8 Å². The number of carbonyl (C=O) groups excluding carboxylic acids is 1. The molecule has 0 aromatic rings. The van der Waals surface area contributed by atoms with Crippen LogP contribution in [0.4, 0.5) is 0 Å². The smallest absolute Gasteiger partial charge is 0.210 e. The first-order valence-corrected chi connectivity index (χ1v) is 3.28. The van der Waals surface area contributed by atoms with Gasteiger partial charge in [0.15, 0.2) is 0 Å². The summed E-state index contributed by atoms with van der Waals surface area (Å²) in [4.78, 5) is 11.8. The highest BCUT2D eigenvalue weighted by molar-refractivity contribution is 5.47. The predicted octanol–water partition coefficient (Wildman–Crippen LogP) is -1.16. The Morgan fingerprint density at radius 2 is 2.60 bits per heavy atom. The summed E-state index contributed by atoms with van der Waals surface area (Å²) in [5.74, 6) is 0. The van der Waals surface area contributed by atoms with E-state index in [1.807, 2.05) is 0 Å². The zero-order chi connectivity index (χ0) is 7.40. The fraction of sp³-hybridized carbons (Fsp3) is 0.833. The summed E-state index contributed by atoms with van der Waals surface area (Å²) in [6, 6.07) is -0.133. The van der Waals surface area contributed by atoms with Crippen molar-refractivity contribution in [2.24, 2.45) is 0 Å². The molecule has 0 spiro atoms. The van der Waals surface area contributed by atoms with Crippen molar-refractivity contribution in [3.63, 3.8) is 0 Å². The van der Waals surface area contributed by atoms with Gasteiger partial charge in [0.25, 0.3) is 0 Å². The van der Waals surface area contributed by atoms with Crippen LogP contribution in [0.25, 0.3) is 0 Å². The van der Waals surface area contributed by atoms with E-state index in [4.69, 9.17) is 9.84 Å². The lowest BCUT2D eigenvalue weighted by Crippen LogP contribution is -2.46. The molecule has 0 aliphatic carbocycles. The Morgan fingerprint density at radius 3 is 3.10 bits per heavy atom. The molecule has 4 heteroatoms. The monoisotopic (exact) mass is 145 g/mol. The van der Waals surface area contributed by atoms with E-state index in [1.165, 1.54) is 0 Å². The van der Waals surface area contributed by atoms with Crippen LogP contribution < -0.4 is 0 Å². The van der Waals surface area contributed by atoms with E-state index in [-0.39, 0.29) is 12.6 Å². The number of rotatable bonds is 2. The van der Waals surface area contributed by atoms with Gasteiger partial charge in [-0.3, -0.25) is 4.79 Å². The van der Waals surface area contributed by atoms with E-state index in [1.54, 1.807) is 4.90 Å². The van der Waals surface area contributed by atoms with Crippen LogP contribution in [-0.4, -0.2) is 48.8 Å². The summed E-state index contributed by atoms with van der Waals surface area (Å²) in [6.07, 6.45) is 0.753. The van der Waals surface area contributed by atoms with Gasteiger partial charge < -0.3 is 14.7 Å². The van der Waals surface area contributed by atoms with E-state index < -0.39 is 0 Å². The number of hydrogen-bond donors (Lipinski definition) is 1. The molecule has 1 saturated heterocycles. The number of amides is 1. The molecule has 0 saturated carbocycles. The molecule has 1 heterocycles. The highest BCUT2D eigenvalue weighted by Crippen LogP contribution is 2.02. The summed E-state index contributed by atoms with van der Waals surface area (Å²) < 4.78 is 5.04. The minimum Gasteiger partial charge on any atom is -0.394 e. The van der Waals surface area contributed by atoms with Gasteiger partial charge in [-0.2, -0.15) is 0 Å². The third-order valence-corrected chi connectivity index (χ3v) is 1.62.